The van der Waals surface area contributed by atoms with Crippen molar-refractivity contribution in [1.29, 1.82) is 5.26 Å². The Morgan fingerprint density at radius 1 is 1.38 bits per heavy atom. The van der Waals surface area contributed by atoms with Crippen LogP contribution in [0.1, 0.15) is 51.9 Å². The molecule has 3 atom stereocenters. The number of nitrogens with zero attached hydrogens (tertiary/aromatic N) is 1. The highest BCUT2D eigenvalue weighted by Gasteiger charge is 2.22. The molecule has 0 aliphatic heterocycles. The summed E-state index contributed by atoms with van der Waals surface area (Å²) in [4.78, 5) is 0. The van der Waals surface area contributed by atoms with Gasteiger partial charge in [-0.15, -0.1) is 0 Å². The van der Waals surface area contributed by atoms with Gasteiger partial charge in [-0.25, -0.2) is 0 Å². The lowest BCUT2D eigenvalue weighted by Gasteiger charge is -2.21. The van der Waals surface area contributed by atoms with E-state index >= 15 is 0 Å². The van der Waals surface area contributed by atoms with Crippen molar-refractivity contribution in [2.75, 3.05) is 6.54 Å². The molecule has 1 aliphatic rings. The molecule has 16 heavy (non-hydrogen) atoms. The number of hydrogen-bond donors (Lipinski definition) is 2. The molecule has 2 N–H and O–H groups in total. The van der Waals surface area contributed by atoms with E-state index in [1.807, 2.05) is 6.92 Å². The maximum Gasteiger partial charge on any atom is 0.0672 e. The summed E-state index contributed by atoms with van der Waals surface area (Å²) >= 11 is 0. The first-order chi connectivity index (χ1) is 7.77. The number of nitriles is 1. The first-order valence-electron chi connectivity index (χ1n) is 6.59. The van der Waals surface area contributed by atoms with E-state index in [9.17, 15) is 5.11 Å². The molecule has 0 aromatic carbocycles. The van der Waals surface area contributed by atoms with Crippen LogP contribution in [0.4, 0.5) is 0 Å². The van der Waals surface area contributed by atoms with Crippen LogP contribution in [0.3, 0.4) is 0 Å². The predicted molar refractivity (Wildman–Crippen MR) is 64.9 cm³/mol. The van der Waals surface area contributed by atoms with Crippen LogP contribution in [0.25, 0.3) is 0 Å². The zero-order chi connectivity index (χ0) is 11.8. The van der Waals surface area contributed by atoms with E-state index in [0.29, 0.717) is 6.04 Å². The van der Waals surface area contributed by atoms with Gasteiger partial charge in [-0.3, -0.25) is 0 Å². The van der Waals surface area contributed by atoms with Crippen molar-refractivity contribution in [1.82, 2.24) is 5.32 Å². The van der Waals surface area contributed by atoms with Crippen molar-refractivity contribution < 1.29 is 5.11 Å². The summed E-state index contributed by atoms with van der Waals surface area (Å²) in [6, 6.07) is 2.77. The highest BCUT2D eigenvalue weighted by atomic mass is 16.3. The van der Waals surface area contributed by atoms with Crippen LogP contribution in [0, 0.1) is 17.2 Å². The minimum atomic E-state index is -0.196. The minimum Gasteiger partial charge on any atom is -0.393 e. The van der Waals surface area contributed by atoms with E-state index < -0.39 is 0 Å². The average Bonchev–Trinajstić information content (AvgIpc) is 2.53. The Kier molecular flexibility index (Phi) is 6.44. The van der Waals surface area contributed by atoms with Crippen LogP contribution in [0.5, 0.6) is 0 Å². The van der Waals surface area contributed by atoms with E-state index in [4.69, 9.17) is 5.26 Å². The molecule has 0 heterocycles. The Morgan fingerprint density at radius 2 is 2.12 bits per heavy atom. The van der Waals surface area contributed by atoms with E-state index in [0.717, 1.165) is 32.2 Å². The van der Waals surface area contributed by atoms with Crippen LogP contribution in [0.2, 0.25) is 0 Å². The zero-order valence-corrected chi connectivity index (χ0v) is 10.3. The van der Waals surface area contributed by atoms with Crippen LogP contribution < -0.4 is 5.32 Å². The molecule has 3 nitrogen and oxygen atoms in total. The summed E-state index contributed by atoms with van der Waals surface area (Å²) in [5.74, 6) is 0.168. The number of aliphatic hydroxyl groups is 1. The molecule has 1 aliphatic carbocycles. The van der Waals surface area contributed by atoms with Crippen molar-refractivity contribution in [2.24, 2.45) is 5.92 Å². The lowest BCUT2D eigenvalue weighted by atomic mass is 9.96. The van der Waals surface area contributed by atoms with Crippen molar-refractivity contribution in [3.05, 3.63) is 0 Å². The van der Waals surface area contributed by atoms with Gasteiger partial charge in [-0.1, -0.05) is 26.2 Å². The van der Waals surface area contributed by atoms with Crippen LogP contribution in [-0.4, -0.2) is 23.8 Å². The van der Waals surface area contributed by atoms with Gasteiger partial charge in [0.1, 0.15) is 0 Å². The quantitative estimate of drug-likeness (QED) is 0.704. The third kappa shape index (κ3) is 4.51. The summed E-state index contributed by atoms with van der Waals surface area (Å²) in [6.07, 6.45) is 7.23. The fourth-order valence-corrected chi connectivity index (χ4v) is 2.35. The second-order valence-electron chi connectivity index (χ2n) is 4.78. The third-order valence-corrected chi connectivity index (χ3v) is 3.54. The van der Waals surface area contributed by atoms with Gasteiger partial charge < -0.3 is 10.4 Å². The molecule has 0 saturated heterocycles. The molecule has 3 heteroatoms. The summed E-state index contributed by atoms with van der Waals surface area (Å²) in [5, 5.41) is 22.0. The van der Waals surface area contributed by atoms with E-state index in [1.165, 1.54) is 19.3 Å². The van der Waals surface area contributed by atoms with Gasteiger partial charge in [0, 0.05) is 6.04 Å². The normalized spacial score (nSPS) is 28.1. The summed E-state index contributed by atoms with van der Waals surface area (Å²) < 4.78 is 0. The Morgan fingerprint density at radius 3 is 2.81 bits per heavy atom. The van der Waals surface area contributed by atoms with Gasteiger partial charge in [0.05, 0.1) is 18.1 Å². The number of hydrogen-bond acceptors (Lipinski definition) is 3. The maximum absolute atomic E-state index is 9.46. The first kappa shape index (κ1) is 13.5. The third-order valence-electron chi connectivity index (χ3n) is 3.54. The molecule has 0 aromatic rings. The van der Waals surface area contributed by atoms with E-state index in [-0.39, 0.29) is 12.0 Å². The Balaban J connectivity index is 2.29. The lowest BCUT2D eigenvalue weighted by Crippen LogP contribution is -2.36. The zero-order valence-electron chi connectivity index (χ0n) is 10.3. The van der Waals surface area contributed by atoms with Crippen LogP contribution in [-0.2, 0) is 0 Å². The van der Waals surface area contributed by atoms with E-state index in [2.05, 4.69) is 11.4 Å². The monoisotopic (exact) mass is 224 g/mol. The molecular weight excluding hydrogens is 200 g/mol. The number of aliphatic hydroxyl groups excluding tert-OH is 1. The molecule has 1 saturated carbocycles. The topological polar surface area (TPSA) is 56.0 Å². The molecule has 3 unspecified atom stereocenters. The van der Waals surface area contributed by atoms with Crippen molar-refractivity contribution in [2.45, 2.75) is 64.0 Å². The molecule has 1 rings (SSSR count). The number of rotatable bonds is 5. The Bertz CT molecular complexity index is 224. The average molecular weight is 224 g/mol. The Labute approximate surface area is 98.8 Å². The highest BCUT2D eigenvalue weighted by molar-refractivity contribution is 4.93. The molecule has 92 valence electrons. The van der Waals surface area contributed by atoms with Crippen LogP contribution in [0.15, 0.2) is 0 Å². The molecule has 0 aromatic heterocycles. The maximum atomic E-state index is 9.46. The molecule has 0 bridgehead atoms. The standard InChI is InChI=1S/C13H24N2O/c1-2-12(16)8-9-15-13-7-5-3-4-6-11(13)10-14/h11-13,15-16H,2-9H2,1H3. The lowest BCUT2D eigenvalue weighted by molar-refractivity contribution is 0.157. The van der Waals surface area contributed by atoms with Gasteiger partial charge in [0.25, 0.3) is 0 Å². The second kappa shape index (κ2) is 7.65. The van der Waals surface area contributed by atoms with Crippen LogP contribution >= 0.6 is 0 Å². The van der Waals surface area contributed by atoms with Gasteiger partial charge >= 0.3 is 0 Å². The van der Waals surface area contributed by atoms with Crippen molar-refractivity contribution in [3.8, 4) is 6.07 Å². The first-order valence-corrected chi connectivity index (χ1v) is 6.59. The smallest absolute Gasteiger partial charge is 0.0672 e. The van der Waals surface area contributed by atoms with Crippen molar-refractivity contribution >= 4 is 0 Å². The van der Waals surface area contributed by atoms with Gasteiger partial charge in [-0.05, 0) is 32.2 Å². The van der Waals surface area contributed by atoms with E-state index in [1.54, 1.807) is 0 Å². The summed E-state index contributed by atoms with van der Waals surface area (Å²) in [6.45, 7) is 2.83. The molecule has 0 amide bonds. The molecule has 0 radical (unpaired) electrons. The SMILES string of the molecule is CCC(O)CCNC1CCCCCC1C#N. The molecule has 0 spiro atoms. The summed E-state index contributed by atoms with van der Waals surface area (Å²) in [5.41, 5.74) is 0. The summed E-state index contributed by atoms with van der Waals surface area (Å²) in [7, 11) is 0. The number of nitrogens with one attached hydrogen (secondary N) is 1. The van der Waals surface area contributed by atoms with Gasteiger partial charge in [0.2, 0.25) is 0 Å². The fourth-order valence-electron chi connectivity index (χ4n) is 2.35. The van der Waals surface area contributed by atoms with Gasteiger partial charge in [-0.2, -0.15) is 5.26 Å². The largest absolute Gasteiger partial charge is 0.393 e. The van der Waals surface area contributed by atoms with Gasteiger partial charge in [0.15, 0.2) is 0 Å². The Hall–Kier alpha value is -0.590. The predicted octanol–water partition coefficient (Wildman–Crippen LogP) is 2.21. The minimum absolute atomic E-state index is 0.168. The fraction of sp³-hybridized carbons (Fsp3) is 0.923. The highest BCUT2D eigenvalue weighted by Crippen LogP contribution is 2.22. The van der Waals surface area contributed by atoms with Crippen molar-refractivity contribution in [3.63, 3.8) is 0 Å². The molecular formula is C13H24N2O. The molecule has 1 fully saturated rings. The second-order valence-corrected chi connectivity index (χ2v) is 4.78.